The van der Waals surface area contributed by atoms with Crippen molar-refractivity contribution < 1.29 is 9.53 Å². The summed E-state index contributed by atoms with van der Waals surface area (Å²) in [5, 5.41) is 3.07. The van der Waals surface area contributed by atoms with Gasteiger partial charge in [0.05, 0.1) is 6.61 Å². The maximum atomic E-state index is 11.8. The van der Waals surface area contributed by atoms with Crippen LogP contribution in [0.15, 0.2) is 0 Å². The largest absolute Gasteiger partial charge is 0.465 e. The maximum absolute atomic E-state index is 11.8. The Balaban J connectivity index is 2.40. The van der Waals surface area contributed by atoms with Crippen molar-refractivity contribution in [3.05, 3.63) is 0 Å². The van der Waals surface area contributed by atoms with Crippen molar-refractivity contribution in [2.45, 2.75) is 64.5 Å². The summed E-state index contributed by atoms with van der Waals surface area (Å²) in [7, 11) is 1.83. The van der Waals surface area contributed by atoms with Crippen LogP contribution in [0.3, 0.4) is 0 Å². The summed E-state index contributed by atoms with van der Waals surface area (Å²) in [6.45, 7) is 6.74. The van der Waals surface area contributed by atoms with E-state index in [2.05, 4.69) is 17.1 Å². The van der Waals surface area contributed by atoms with Crippen LogP contribution >= 0.6 is 0 Å². The number of rotatable bonds is 8. The summed E-state index contributed by atoms with van der Waals surface area (Å²) in [6, 6.07) is 0.558. The minimum atomic E-state index is -0.163. The van der Waals surface area contributed by atoms with Gasteiger partial charge in [0, 0.05) is 12.6 Å². The highest BCUT2D eigenvalue weighted by molar-refractivity contribution is 5.75. The Labute approximate surface area is 117 Å². The number of carbonyl (C=O) groups excluding carboxylic acids is 1. The van der Waals surface area contributed by atoms with Crippen LogP contribution in [0.1, 0.15) is 52.4 Å². The third kappa shape index (κ3) is 5.49. The average molecular weight is 270 g/mol. The van der Waals surface area contributed by atoms with E-state index in [-0.39, 0.29) is 12.0 Å². The molecule has 0 aromatic rings. The highest BCUT2D eigenvalue weighted by atomic mass is 16.5. The van der Waals surface area contributed by atoms with Crippen molar-refractivity contribution in [3.8, 4) is 0 Å². The van der Waals surface area contributed by atoms with Gasteiger partial charge < -0.3 is 15.0 Å². The van der Waals surface area contributed by atoms with Crippen LogP contribution in [0.25, 0.3) is 0 Å². The molecule has 19 heavy (non-hydrogen) atoms. The fraction of sp³-hybridized carbons (Fsp3) is 0.933. The van der Waals surface area contributed by atoms with Gasteiger partial charge in [-0.05, 0) is 46.2 Å². The average Bonchev–Trinajstić information content (AvgIpc) is 2.42. The molecule has 0 aliphatic carbocycles. The minimum Gasteiger partial charge on any atom is -0.465 e. The first-order valence-electron chi connectivity index (χ1n) is 7.80. The van der Waals surface area contributed by atoms with Crippen LogP contribution in [-0.4, -0.2) is 49.7 Å². The molecule has 0 spiro atoms. The number of carbonyl (C=O) groups is 1. The van der Waals surface area contributed by atoms with E-state index in [1.165, 1.54) is 38.6 Å². The third-order valence-electron chi connectivity index (χ3n) is 4.00. The Bertz CT molecular complexity index is 257. The lowest BCUT2D eigenvalue weighted by Crippen LogP contribution is -2.44. The number of piperidine rings is 1. The molecule has 112 valence electrons. The topological polar surface area (TPSA) is 41.6 Å². The summed E-state index contributed by atoms with van der Waals surface area (Å²) < 4.78 is 5.09. The molecule has 1 aliphatic rings. The van der Waals surface area contributed by atoms with Gasteiger partial charge in [-0.15, -0.1) is 0 Å². The number of hydrogen-bond acceptors (Lipinski definition) is 4. The highest BCUT2D eigenvalue weighted by Gasteiger charge is 2.24. The molecule has 0 saturated carbocycles. The number of ether oxygens (including phenoxy) is 1. The number of likely N-dealkylation sites (tertiary alicyclic amines) is 1. The van der Waals surface area contributed by atoms with E-state index in [4.69, 9.17) is 4.74 Å². The zero-order chi connectivity index (χ0) is 14.1. The van der Waals surface area contributed by atoms with E-state index in [0.29, 0.717) is 6.61 Å². The van der Waals surface area contributed by atoms with E-state index < -0.39 is 0 Å². The zero-order valence-corrected chi connectivity index (χ0v) is 12.8. The number of esters is 1. The molecule has 1 N–H and O–H groups in total. The van der Waals surface area contributed by atoms with Crippen LogP contribution in [0.2, 0.25) is 0 Å². The van der Waals surface area contributed by atoms with Crippen LogP contribution < -0.4 is 5.32 Å². The summed E-state index contributed by atoms with van der Waals surface area (Å²) in [5.41, 5.74) is 0. The Hall–Kier alpha value is -0.610. The molecular weight excluding hydrogens is 240 g/mol. The van der Waals surface area contributed by atoms with E-state index in [9.17, 15) is 4.79 Å². The normalized spacial score (nSPS) is 22.2. The van der Waals surface area contributed by atoms with Gasteiger partial charge in [-0.1, -0.05) is 19.8 Å². The molecule has 1 saturated heterocycles. The van der Waals surface area contributed by atoms with Crippen LogP contribution in [0.4, 0.5) is 0 Å². The van der Waals surface area contributed by atoms with Gasteiger partial charge in [0.25, 0.3) is 0 Å². The number of nitrogens with one attached hydrogen (secondary N) is 1. The summed E-state index contributed by atoms with van der Waals surface area (Å²) >= 11 is 0. The fourth-order valence-corrected chi connectivity index (χ4v) is 2.93. The van der Waals surface area contributed by atoms with Crippen LogP contribution in [0, 0.1) is 0 Å². The Morgan fingerprint density at radius 3 is 2.84 bits per heavy atom. The first-order chi connectivity index (χ1) is 9.22. The van der Waals surface area contributed by atoms with Gasteiger partial charge in [0.2, 0.25) is 0 Å². The second-order valence-corrected chi connectivity index (χ2v) is 5.36. The van der Waals surface area contributed by atoms with Crippen molar-refractivity contribution in [3.63, 3.8) is 0 Å². The predicted molar refractivity (Wildman–Crippen MR) is 78.2 cm³/mol. The molecule has 0 radical (unpaired) electrons. The molecule has 4 heteroatoms. The smallest absolute Gasteiger partial charge is 0.323 e. The van der Waals surface area contributed by atoms with Crippen molar-refractivity contribution in [2.24, 2.45) is 0 Å². The first-order valence-corrected chi connectivity index (χ1v) is 7.80. The number of likely N-dealkylation sites (N-methyl/N-ethyl adjacent to an activating group) is 1. The van der Waals surface area contributed by atoms with Gasteiger partial charge >= 0.3 is 5.97 Å². The molecule has 1 aliphatic heterocycles. The van der Waals surface area contributed by atoms with Gasteiger partial charge in [-0.3, -0.25) is 4.79 Å². The standard InChI is InChI=1S/C15H30N2O2/c1-4-8-13-9-6-7-11-17(13)12-10-14(16-3)15(18)19-5-2/h13-14,16H,4-12H2,1-3H3. The van der Waals surface area contributed by atoms with E-state index >= 15 is 0 Å². The minimum absolute atomic E-state index is 0.117. The van der Waals surface area contributed by atoms with Gasteiger partial charge in [-0.25, -0.2) is 0 Å². The van der Waals surface area contributed by atoms with Gasteiger partial charge in [0.1, 0.15) is 6.04 Å². The molecule has 0 aromatic carbocycles. The summed E-state index contributed by atoms with van der Waals surface area (Å²) in [6.07, 6.45) is 7.34. The lowest BCUT2D eigenvalue weighted by atomic mass is 9.97. The second-order valence-electron chi connectivity index (χ2n) is 5.36. The van der Waals surface area contributed by atoms with Gasteiger partial charge in [-0.2, -0.15) is 0 Å². The summed E-state index contributed by atoms with van der Waals surface area (Å²) in [4.78, 5) is 14.3. The lowest BCUT2D eigenvalue weighted by molar-refractivity contribution is -0.145. The zero-order valence-electron chi connectivity index (χ0n) is 12.8. The van der Waals surface area contributed by atoms with Crippen molar-refractivity contribution in [1.82, 2.24) is 10.2 Å². The highest BCUT2D eigenvalue weighted by Crippen LogP contribution is 2.21. The quantitative estimate of drug-likeness (QED) is 0.686. The van der Waals surface area contributed by atoms with Crippen molar-refractivity contribution in [1.29, 1.82) is 0 Å². The van der Waals surface area contributed by atoms with Crippen molar-refractivity contribution in [2.75, 3.05) is 26.7 Å². The molecular formula is C15H30N2O2. The Morgan fingerprint density at radius 1 is 1.42 bits per heavy atom. The number of hydrogen-bond donors (Lipinski definition) is 1. The molecule has 1 fully saturated rings. The van der Waals surface area contributed by atoms with Crippen LogP contribution in [-0.2, 0) is 9.53 Å². The Morgan fingerprint density at radius 2 is 2.21 bits per heavy atom. The SMILES string of the molecule is CCCC1CCCCN1CCC(NC)C(=O)OCC. The first kappa shape index (κ1) is 16.4. The van der Waals surface area contributed by atoms with E-state index in [1.54, 1.807) is 0 Å². The molecule has 2 atom stereocenters. The van der Waals surface area contributed by atoms with E-state index in [1.807, 2.05) is 14.0 Å². The monoisotopic (exact) mass is 270 g/mol. The molecule has 4 nitrogen and oxygen atoms in total. The van der Waals surface area contributed by atoms with Crippen molar-refractivity contribution >= 4 is 5.97 Å². The maximum Gasteiger partial charge on any atom is 0.323 e. The fourth-order valence-electron chi connectivity index (χ4n) is 2.93. The lowest BCUT2D eigenvalue weighted by Gasteiger charge is -2.36. The molecule has 0 aromatic heterocycles. The Kier molecular flexibility index (Phi) is 8.07. The van der Waals surface area contributed by atoms with Gasteiger partial charge in [0.15, 0.2) is 0 Å². The van der Waals surface area contributed by atoms with E-state index in [0.717, 1.165) is 19.0 Å². The molecule has 0 amide bonds. The molecule has 1 rings (SSSR count). The summed E-state index contributed by atoms with van der Waals surface area (Å²) in [5.74, 6) is -0.117. The van der Waals surface area contributed by atoms with Crippen LogP contribution in [0.5, 0.6) is 0 Å². The second kappa shape index (κ2) is 9.32. The third-order valence-corrected chi connectivity index (χ3v) is 4.00. The number of nitrogens with zero attached hydrogens (tertiary/aromatic N) is 1. The molecule has 1 heterocycles. The predicted octanol–water partition coefficient (Wildman–Crippen LogP) is 2.18. The molecule has 2 unspecified atom stereocenters. The molecule has 0 bridgehead atoms.